The van der Waals surface area contributed by atoms with Crippen LogP contribution < -0.4 is 0 Å². The van der Waals surface area contributed by atoms with Crippen molar-refractivity contribution in [3.63, 3.8) is 0 Å². The highest BCUT2D eigenvalue weighted by Crippen LogP contribution is 2.24. The molecule has 1 aromatic carbocycles. The number of hydrogen-bond donors (Lipinski definition) is 0. The van der Waals surface area contributed by atoms with Crippen LogP contribution >= 0.6 is 0 Å². The molecule has 2 heterocycles. The molecule has 0 bridgehead atoms. The Morgan fingerprint density at radius 3 is 2.78 bits per heavy atom. The first-order chi connectivity index (χ1) is 8.90. The summed E-state index contributed by atoms with van der Waals surface area (Å²) < 4.78 is 2.08. The molecule has 0 N–H and O–H groups in total. The van der Waals surface area contributed by atoms with Gasteiger partial charge in [-0.15, -0.1) is 0 Å². The highest BCUT2D eigenvalue weighted by molar-refractivity contribution is 5.69. The summed E-state index contributed by atoms with van der Waals surface area (Å²) >= 11 is 0. The van der Waals surface area contributed by atoms with Gasteiger partial charge < -0.3 is 4.57 Å². The van der Waals surface area contributed by atoms with Crippen molar-refractivity contribution in [3.05, 3.63) is 61.7 Å². The standard InChI is InChI=1S/C14H13N4/c1-2-12(11-6-4-3-5-7-11)18-10-17-14-13(18)8-15-9-16-14/h3-10,12H,1-2H2. The summed E-state index contributed by atoms with van der Waals surface area (Å²) in [6, 6.07) is 10.5. The van der Waals surface area contributed by atoms with E-state index in [2.05, 4.69) is 38.6 Å². The van der Waals surface area contributed by atoms with Gasteiger partial charge in [0.25, 0.3) is 0 Å². The lowest BCUT2D eigenvalue weighted by Gasteiger charge is -2.17. The highest BCUT2D eigenvalue weighted by Gasteiger charge is 2.14. The van der Waals surface area contributed by atoms with Crippen LogP contribution in [0.1, 0.15) is 18.0 Å². The van der Waals surface area contributed by atoms with Gasteiger partial charge in [0.1, 0.15) is 11.8 Å². The molecule has 89 valence electrons. The van der Waals surface area contributed by atoms with E-state index < -0.39 is 0 Å². The molecule has 0 aliphatic rings. The summed E-state index contributed by atoms with van der Waals surface area (Å²) in [4.78, 5) is 12.5. The SMILES string of the molecule is [CH2]CC(c1ccccc1)n1cnc2ncncc21. The second-order valence-corrected chi connectivity index (χ2v) is 4.10. The van der Waals surface area contributed by atoms with E-state index in [9.17, 15) is 0 Å². The molecule has 0 aliphatic heterocycles. The van der Waals surface area contributed by atoms with Crippen LogP contribution in [0.4, 0.5) is 0 Å². The van der Waals surface area contributed by atoms with Crippen molar-refractivity contribution >= 4 is 11.2 Å². The summed E-state index contributed by atoms with van der Waals surface area (Å²) in [6.45, 7) is 4.04. The third-order valence-electron chi connectivity index (χ3n) is 3.05. The Morgan fingerprint density at radius 1 is 1.17 bits per heavy atom. The van der Waals surface area contributed by atoms with Crippen LogP contribution in [0.5, 0.6) is 0 Å². The topological polar surface area (TPSA) is 43.6 Å². The van der Waals surface area contributed by atoms with Gasteiger partial charge in [-0.2, -0.15) is 0 Å². The van der Waals surface area contributed by atoms with Crippen LogP contribution in [0.2, 0.25) is 0 Å². The average Bonchev–Trinajstić information content (AvgIpc) is 2.85. The lowest BCUT2D eigenvalue weighted by Crippen LogP contribution is -2.08. The predicted octanol–water partition coefficient (Wildman–Crippen LogP) is 2.64. The minimum atomic E-state index is 0.169. The van der Waals surface area contributed by atoms with Crippen LogP contribution in [0.25, 0.3) is 11.2 Å². The van der Waals surface area contributed by atoms with Crippen molar-refractivity contribution in [2.24, 2.45) is 0 Å². The van der Waals surface area contributed by atoms with Gasteiger partial charge in [0.2, 0.25) is 0 Å². The van der Waals surface area contributed by atoms with Crippen molar-refractivity contribution in [1.29, 1.82) is 0 Å². The molecule has 1 atom stereocenters. The van der Waals surface area contributed by atoms with Crippen molar-refractivity contribution in [1.82, 2.24) is 19.5 Å². The lowest BCUT2D eigenvalue weighted by atomic mass is 10.0. The molecule has 18 heavy (non-hydrogen) atoms. The second kappa shape index (κ2) is 4.56. The maximum atomic E-state index is 4.30. The van der Waals surface area contributed by atoms with Gasteiger partial charge in [-0.3, -0.25) is 0 Å². The number of aromatic nitrogens is 4. The Morgan fingerprint density at radius 2 is 2.00 bits per heavy atom. The van der Waals surface area contributed by atoms with E-state index in [4.69, 9.17) is 0 Å². The fraction of sp³-hybridized carbons (Fsp3) is 0.143. The number of hydrogen-bond acceptors (Lipinski definition) is 3. The highest BCUT2D eigenvalue weighted by atomic mass is 15.1. The fourth-order valence-corrected chi connectivity index (χ4v) is 2.17. The lowest BCUT2D eigenvalue weighted by molar-refractivity contribution is 0.606. The van der Waals surface area contributed by atoms with E-state index in [1.165, 1.54) is 11.9 Å². The minimum Gasteiger partial charge on any atom is -0.320 e. The third-order valence-corrected chi connectivity index (χ3v) is 3.05. The summed E-state index contributed by atoms with van der Waals surface area (Å²) in [5, 5.41) is 0. The molecule has 0 aliphatic carbocycles. The zero-order chi connectivity index (χ0) is 12.4. The average molecular weight is 237 g/mol. The molecular formula is C14H13N4. The molecule has 3 rings (SSSR count). The maximum Gasteiger partial charge on any atom is 0.180 e. The van der Waals surface area contributed by atoms with Gasteiger partial charge in [0.05, 0.1) is 18.6 Å². The molecule has 4 heteroatoms. The molecular weight excluding hydrogens is 224 g/mol. The molecule has 0 saturated carbocycles. The van der Waals surface area contributed by atoms with Gasteiger partial charge in [-0.1, -0.05) is 37.3 Å². The molecule has 0 saturated heterocycles. The molecule has 1 unspecified atom stereocenters. The fourth-order valence-electron chi connectivity index (χ4n) is 2.17. The molecule has 1 radical (unpaired) electrons. The number of benzene rings is 1. The molecule has 4 nitrogen and oxygen atoms in total. The van der Waals surface area contributed by atoms with Crippen LogP contribution in [-0.2, 0) is 0 Å². The minimum absolute atomic E-state index is 0.169. The van der Waals surface area contributed by atoms with E-state index in [1.807, 2.05) is 24.5 Å². The van der Waals surface area contributed by atoms with E-state index in [0.29, 0.717) is 0 Å². The summed E-state index contributed by atoms with van der Waals surface area (Å²) in [6.07, 6.45) is 5.87. The number of nitrogens with zero attached hydrogens (tertiary/aromatic N) is 4. The van der Waals surface area contributed by atoms with Crippen molar-refractivity contribution in [3.8, 4) is 0 Å². The number of imidazole rings is 1. The first kappa shape index (κ1) is 10.9. The van der Waals surface area contributed by atoms with E-state index in [0.717, 1.165) is 17.6 Å². The molecule has 0 fully saturated rings. The van der Waals surface area contributed by atoms with E-state index in [-0.39, 0.29) is 6.04 Å². The monoisotopic (exact) mass is 237 g/mol. The maximum absolute atomic E-state index is 4.30. The Hall–Kier alpha value is -2.23. The van der Waals surface area contributed by atoms with Gasteiger partial charge in [-0.25, -0.2) is 15.0 Å². The summed E-state index contributed by atoms with van der Waals surface area (Å²) in [5.41, 5.74) is 2.88. The molecule has 3 aromatic rings. The summed E-state index contributed by atoms with van der Waals surface area (Å²) in [5.74, 6) is 0. The quantitative estimate of drug-likeness (QED) is 0.703. The predicted molar refractivity (Wildman–Crippen MR) is 69.9 cm³/mol. The Bertz CT molecular complexity index is 645. The summed E-state index contributed by atoms with van der Waals surface area (Å²) in [7, 11) is 0. The van der Waals surface area contributed by atoms with Crippen molar-refractivity contribution in [2.75, 3.05) is 0 Å². The second-order valence-electron chi connectivity index (χ2n) is 4.10. The smallest absolute Gasteiger partial charge is 0.180 e. The third kappa shape index (κ3) is 1.76. The number of fused-ring (bicyclic) bond motifs is 1. The van der Waals surface area contributed by atoms with Gasteiger partial charge >= 0.3 is 0 Å². The van der Waals surface area contributed by atoms with Crippen LogP contribution in [0.3, 0.4) is 0 Å². The van der Waals surface area contributed by atoms with Gasteiger partial charge in [-0.05, 0) is 12.0 Å². The number of rotatable bonds is 3. The van der Waals surface area contributed by atoms with Crippen molar-refractivity contribution < 1.29 is 0 Å². The Labute approximate surface area is 105 Å². The zero-order valence-corrected chi connectivity index (χ0v) is 9.90. The molecule has 0 amide bonds. The largest absolute Gasteiger partial charge is 0.320 e. The Kier molecular flexibility index (Phi) is 2.76. The van der Waals surface area contributed by atoms with E-state index in [1.54, 1.807) is 6.20 Å². The van der Waals surface area contributed by atoms with E-state index >= 15 is 0 Å². The van der Waals surface area contributed by atoms with Crippen molar-refractivity contribution in [2.45, 2.75) is 12.5 Å². The van der Waals surface area contributed by atoms with Gasteiger partial charge in [0, 0.05) is 0 Å². The Balaban J connectivity index is 2.12. The van der Waals surface area contributed by atoms with Crippen LogP contribution in [0.15, 0.2) is 49.2 Å². The van der Waals surface area contributed by atoms with Crippen LogP contribution in [-0.4, -0.2) is 19.5 Å². The zero-order valence-electron chi connectivity index (χ0n) is 9.90. The molecule has 2 aromatic heterocycles. The normalized spacial score (nSPS) is 12.7. The first-order valence-corrected chi connectivity index (χ1v) is 5.87. The van der Waals surface area contributed by atoms with Crippen LogP contribution in [0, 0.1) is 6.92 Å². The first-order valence-electron chi connectivity index (χ1n) is 5.87. The molecule has 0 spiro atoms. The van der Waals surface area contributed by atoms with Gasteiger partial charge in [0.15, 0.2) is 5.65 Å².